The molecule has 0 heterocycles. The van der Waals surface area contributed by atoms with Gasteiger partial charge in [0, 0.05) is 5.67 Å². The van der Waals surface area contributed by atoms with Gasteiger partial charge in [0.25, 0.3) is 0 Å². The monoisotopic (exact) mass is 205 g/mol. The van der Waals surface area contributed by atoms with Gasteiger partial charge in [-0.15, -0.1) is 6.58 Å². The molecule has 2 N–H and O–H groups in total. The van der Waals surface area contributed by atoms with Crippen LogP contribution < -0.4 is 10.9 Å². The summed E-state index contributed by atoms with van der Waals surface area (Å²) in [5.41, 5.74) is 6.45. The maximum atomic E-state index is 6.18. The van der Waals surface area contributed by atoms with E-state index in [0.717, 1.165) is 6.42 Å². The van der Waals surface area contributed by atoms with Crippen molar-refractivity contribution in [3.63, 3.8) is 0 Å². The fraction of sp³-hybridized carbons (Fsp3) is 0.333. The standard InChI is InChI=1S/C12H19NSi/c1-4-8-12(13)14(2,3)11-9-6-5-7-10-11/h4-7,9-10,12H,1,8,13H2,2-3H3. The van der Waals surface area contributed by atoms with Crippen LogP contribution >= 0.6 is 0 Å². The van der Waals surface area contributed by atoms with Gasteiger partial charge in [-0.25, -0.2) is 0 Å². The fourth-order valence-electron chi connectivity index (χ4n) is 1.56. The van der Waals surface area contributed by atoms with Gasteiger partial charge in [0.2, 0.25) is 0 Å². The first-order valence-electron chi connectivity index (χ1n) is 5.01. The van der Waals surface area contributed by atoms with Gasteiger partial charge in [-0.3, -0.25) is 0 Å². The van der Waals surface area contributed by atoms with Crippen LogP contribution in [-0.2, 0) is 0 Å². The molecule has 0 saturated carbocycles. The van der Waals surface area contributed by atoms with Gasteiger partial charge in [0.15, 0.2) is 0 Å². The van der Waals surface area contributed by atoms with Gasteiger partial charge >= 0.3 is 0 Å². The van der Waals surface area contributed by atoms with Crippen molar-refractivity contribution in [2.45, 2.75) is 25.2 Å². The maximum Gasteiger partial charge on any atom is 0.0984 e. The molecule has 76 valence electrons. The highest BCUT2D eigenvalue weighted by Gasteiger charge is 2.29. The molecule has 1 aromatic carbocycles. The van der Waals surface area contributed by atoms with Crippen molar-refractivity contribution in [3.05, 3.63) is 43.0 Å². The molecule has 0 amide bonds. The van der Waals surface area contributed by atoms with Crippen LogP contribution in [0.3, 0.4) is 0 Å². The van der Waals surface area contributed by atoms with E-state index in [1.54, 1.807) is 0 Å². The van der Waals surface area contributed by atoms with Gasteiger partial charge in [-0.2, -0.15) is 0 Å². The van der Waals surface area contributed by atoms with Crippen LogP contribution in [0.1, 0.15) is 6.42 Å². The van der Waals surface area contributed by atoms with Gasteiger partial charge < -0.3 is 5.73 Å². The second kappa shape index (κ2) is 4.58. The van der Waals surface area contributed by atoms with Gasteiger partial charge in [0.05, 0.1) is 8.07 Å². The molecule has 2 heteroatoms. The largest absolute Gasteiger partial charge is 0.330 e. The van der Waals surface area contributed by atoms with Gasteiger partial charge in [-0.1, -0.05) is 54.7 Å². The minimum Gasteiger partial charge on any atom is -0.330 e. The van der Waals surface area contributed by atoms with Crippen molar-refractivity contribution >= 4 is 13.3 Å². The van der Waals surface area contributed by atoms with Crippen LogP contribution in [-0.4, -0.2) is 13.7 Å². The van der Waals surface area contributed by atoms with Crippen LogP contribution in [0.25, 0.3) is 0 Å². The zero-order valence-electron chi connectivity index (χ0n) is 9.03. The summed E-state index contributed by atoms with van der Waals surface area (Å²) in [5, 5.41) is 1.43. The third-order valence-electron chi connectivity index (χ3n) is 2.87. The molecular weight excluding hydrogens is 186 g/mol. The second-order valence-electron chi connectivity index (χ2n) is 4.22. The Morgan fingerprint density at radius 1 is 1.36 bits per heavy atom. The molecule has 0 radical (unpaired) electrons. The minimum absolute atomic E-state index is 0.266. The fourth-order valence-corrected chi connectivity index (χ4v) is 3.79. The summed E-state index contributed by atoms with van der Waals surface area (Å²) in [7, 11) is -1.50. The molecule has 0 bridgehead atoms. The van der Waals surface area contributed by atoms with Crippen molar-refractivity contribution in [1.29, 1.82) is 0 Å². The maximum absolute atomic E-state index is 6.18. The Morgan fingerprint density at radius 2 is 1.93 bits per heavy atom. The summed E-state index contributed by atoms with van der Waals surface area (Å²) in [4.78, 5) is 0. The first kappa shape index (κ1) is 11.2. The van der Waals surface area contributed by atoms with E-state index in [4.69, 9.17) is 5.73 Å². The van der Waals surface area contributed by atoms with Crippen LogP contribution in [0.2, 0.25) is 13.1 Å². The summed E-state index contributed by atoms with van der Waals surface area (Å²) >= 11 is 0. The molecule has 0 aromatic heterocycles. The molecular formula is C12H19NSi. The Morgan fingerprint density at radius 3 is 2.43 bits per heavy atom. The quantitative estimate of drug-likeness (QED) is 0.591. The Hall–Kier alpha value is -0.863. The summed E-state index contributed by atoms with van der Waals surface area (Å²) in [6.45, 7) is 8.38. The molecule has 14 heavy (non-hydrogen) atoms. The van der Waals surface area contributed by atoms with Crippen molar-refractivity contribution < 1.29 is 0 Å². The van der Waals surface area contributed by atoms with Crippen LogP contribution in [0, 0.1) is 0 Å². The minimum atomic E-state index is -1.50. The van der Waals surface area contributed by atoms with Gasteiger partial charge in [0.1, 0.15) is 0 Å². The van der Waals surface area contributed by atoms with E-state index in [1.807, 2.05) is 12.1 Å². The number of hydrogen-bond donors (Lipinski definition) is 1. The first-order chi connectivity index (χ1) is 6.59. The van der Waals surface area contributed by atoms with E-state index in [-0.39, 0.29) is 5.67 Å². The average molecular weight is 205 g/mol. The van der Waals surface area contributed by atoms with Crippen molar-refractivity contribution in [2.24, 2.45) is 5.73 Å². The lowest BCUT2D eigenvalue weighted by atomic mass is 10.4. The average Bonchev–Trinajstić information content (AvgIpc) is 2.19. The molecule has 0 fully saturated rings. The number of nitrogens with two attached hydrogens (primary N) is 1. The summed E-state index contributed by atoms with van der Waals surface area (Å²) in [6, 6.07) is 10.6. The van der Waals surface area contributed by atoms with E-state index < -0.39 is 8.07 Å². The Balaban J connectivity index is 2.89. The normalized spacial score (nSPS) is 13.6. The van der Waals surface area contributed by atoms with E-state index >= 15 is 0 Å². The predicted molar refractivity (Wildman–Crippen MR) is 66.3 cm³/mol. The summed E-state index contributed by atoms with van der Waals surface area (Å²) in [5.74, 6) is 0. The Kier molecular flexibility index (Phi) is 3.67. The molecule has 0 spiro atoms. The van der Waals surface area contributed by atoms with Crippen molar-refractivity contribution in [2.75, 3.05) is 0 Å². The SMILES string of the molecule is C=CCC(N)[Si](C)(C)c1ccccc1. The highest BCUT2D eigenvalue weighted by atomic mass is 28.3. The van der Waals surface area contributed by atoms with Crippen molar-refractivity contribution in [1.82, 2.24) is 0 Å². The van der Waals surface area contributed by atoms with Gasteiger partial charge in [-0.05, 0) is 6.42 Å². The Bertz CT molecular complexity index is 292. The molecule has 1 atom stereocenters. The molecule has 0 aliphatic rings. The summed E-state index contributed by atoms with van der Waals surface area (Å²) < 4.78 is 0. The van der Waals surface area contributed by atoms with E-state index in [1.165, 1.54) is 5.19 Å². The molecule has 1 aromatic rings. The van der Waals surface area contributed by atoms with Crippen LogP contribution in [0.5, 0.6) is 0 Å². The molecule has 1 nitrogen and oxygen atoms in total. The Labute approximate surface area is 87.7 Å². The third kappa shape index (κ3) is 2.34. The molecule has 0 saturated heterocycles. The number of benzene rings is 1. The highest BCUT2D eigenvalue weighted by Crippen LogP contribution is 2.10. The highest BCUT2D eigenvalue weighted by molar-refractivity contribution is 6.91. The van der Waals surface area contributed by atoms with Crippen molar-refractivity contribution in [3.8, 4) is 0 Å². The molecule has 1 unspecified atom stereocenters. The second-order valence-corrected chi connectivity index (χ2v) is 8.98. The smallest absolute Gasteiger partial charge is 0.0984 e. The lowest BCUT2D eigenvalue weighted by molar-refractivity contribution is 0.884. The zero-order chi connectivity index (χ0) is 10.6. The molecule has 0 aliphatic carbocycles. The predicted octanol–water partition coefficient (Wildman–Crippen LogP) is 2.04. The lowest BCUT2D eigenvalue weighted by Gasteiger charge is -2.29. The van der Waals surface area contributed by atoms with E-state index in [0.29, 0.717) is 0 Å². The number of hydrogen-bond acceptors (Lipinski definition) is 1. The number of rotatable bonds is 4. The van der Waals surface area contributed by atoms with Crippen LogP contribution in [0.15, 0.2) is 43.0 Å². The molecule has 1 rings (SSSR count). The first-order valence-corrected chi connectivity index (χ1v) is 8.08. The van der Waals surface area contributed by atoms with Crippen LogP contribution in [0.4, 0.5) is 0 Å². The van der Waals surface area contributed by atoms with E-state index in [2.05, 4.69) is 43.9 Å². The topological polar surface area (TPSA) is 26.0 Å². The lowest BCUT2D eigenvalue weighted by Crippen LogP contribution is -2.56. The third-order valence-corrected chi connectivity index (χ3v) is 6.78. The summed E-state index contributed by atoms with van der Waals surface area (Å²) in [6.07, 6.45) is 2.83. The zero-order valence-corrected chi connectivity index (χ0v) is 10.0. The molecule has 0 aliphatic heterocycles. The van der Waals surface area contributed by atoms with E-state index in [9.17, 15) is 0 Å².